The van der Waals surface area contributed by atoms with Crippen LogP contribution in [0, 0.1) is 10.1 Å². The minimum atomic E-state index is -4.65. The summed E-state index contributed by atoms with van der Waals surface area (Å²) in [6, 6.07) is 5.68. The number of aromatic nitrogens is 1. The van der Waals surface area contributed by atoms with Gasteiger partial charge in [-0.25, -0.2) is 0 Å². The highest BCUT2D eigenvalue weighted by atomic mass is 19.4. The van der Waals surface area contributed by atoms with Gasteiger partial charge in [0, 0.05) is 17.8 Å². The van der Waals surface area contributed by atoms with E-state index in [2.05, 4.69) is 9.98 Å². The molecule has 0 aliphatic carbocycles. The number of halogens is 3. The number of benzene rings is 1. The number of nitrogens with zero attached hydrogens (tertiary/aromatic N) is 2. The fourth-order valence-corrected chi connectivity index (χ4v) is 2.64. The number of hydrogen-bond donors (Lipinski definition) is 1. The maximum atomic E-state index is 13.1. The molecule has 2 aromatic heterocycles. The second-order valence-corrected chi connectivity index (χ2v) is 5.96. The Kier molecular flexibility index (Phi) is 5.63. The molecule has 0 atom stereocenters. The molecule has 1 N–H and O–H groups in total. The Hall–Kier alpha value is -4.02. The predicted molar refractivity (Wildman–Crippen MR) is 102 cm³/mol. The fraction of sp³-hybridized carbons (Fsp3) is 0.105. The van der Waals surface area contributed by atoms with Gasteiger partial charge in [-0.1, -0.05) is 6.07 Å². The molecule has 0 aliphatic heterocycles. The number of aromatic amines is 1. The molecule has 0 aliphatic rings. The van der Waals surface area contributed by atoms with Crippen LogP contribution < -0.4 is 5.43 Å². The zero-order chi connectivity index (χ0) is 21.9. The number of rotatable bonds is 6. The van der Waals surface area contributed by atoms with Gasteiger partial charge in [0.25, 0.3) is 0 Å². The molecule has 3 aromatic rings. The lowest BCUT2D eigenvalue weighted by atomic mass is 10.1. The Morgan fingerprint density at radius 1 is 1.27 bits per heavy atom. The van der Waals surface area contributed by atoms with Gasteiger partial charge >= 0.3 is 12.1 Å². The maximum Gasteiger partial charge on any atom is 0.433 e. The number of ketones is 1. The molecule has 3 rings (SSSR count). The van der Waals surface area contributed by atoms with Crippen LogP contribution in [0.15, 0.2) is 56.8 Å². The monoisotopic (exact) mass is 419 g/mol. The first-order valence-corrected chi connectivity index (χ1v) is 8.34. The van der Waals surface area contributed by atoms with E-state index in [-0.39, 0.29) is 16.7 Å². The molecule has 0 saturated carbocycles. The van der Waals surface area contributed by atoms with Crippen LogP contribution in [0.3, 0.4) is 0 Å². The number of carbonyl (C=O) groups excluding carboxylic acids is 1. The van der Waals surface area contributed by atoms with Gasteiger partial charge < -0.3 is 9.40 Å². The van der Waals surface area contributed by atoms with E-state index >= 15 is 0 Å². The molecule has 0 radical (unpaired) electrons. The number of para-hydroxylation sites is 1. The fourth-order valence-electron chi connectivity index (χ4n) is 2.64. The molecule has 0 unspecified atom stereocenters. The van der Waals surface area contributed by atoms with Crippen molar-refractivity contribution in [3.8, 4) is 0 Å². The minimum absolute atomic E-state index is 0.200. The number of H-pyrrole nitrogens is 1. The smallest absolute Gasteiger partial charge is 0.401 e. The number of allylic oxidation sites excluding steroid dienone is 1. The maximum absolute atomic E-state index is 13.1. The number of furan rings is 1. The first-order chi connectivity index (χ1) is 14.2. The molecule has 1 aromatic carbocycles. The van der Waals surface area contributed by atoms with Gasteiger partial charge in [0.1, 0.15) is 17.2 Å². The summed E-state index contributed by atoms with van der Waals surface area (Å²) in [6.07, 6.45) is 0.260. The third-order valence-electron chi connectivity index (χ3n) is 4.00. The highest BCUT2D eigenvalue weighted by molar-refractivity contribution is 6.01. The average molecular weight is 419 g/mol. The molecular weight excluding hydrogens is 407 g/mol. The second kappa shape index (κ2) is 8.15. The Bertz CT molecular complexity index is 1240. The lowest BCUT2D eigenvalue weighted by Crippen LogP contribution is -2.19. The van der Waals surface area contributed by atoms with E-state index in [1.165, 1.54) is 36.6 Å². The van der Waals surface area contributed by atoms with Crippen molar-refractivity contribution in [3.05, 3.63) is 79.8 Å². The van der Waals surface area contributed by atoms with Gasteiger partial charge in [-0.05, 0) is 30.4 Å². The summed E-state index contributed by atoms with van der Waals surface area (Å²) in [5.41, 5.74) is -2.54. The molecule has 0 amide bonds. The molecule has 30 heavy (non-hydrogen) atoms. The van der Waals surface area contributed by atoms with Crippen molar-refractivity contribution in [1.29, 1.82) is 0 Å². The number of pyridine rings is 1. The van der Waals surface area contributed by atoms with Crippen LogP contribution in [0.2, 0.25) is 0 Å². The molecule has 0 fully saturated rings. The molecule has 8 nitrogen and oxygen atoms in total. The van der Waals surface area contributed by atoms with Gasteiger partial charge in [0.05, 0.1) is 22.7 Å². The van der Waals surface area contributed by atoms with Gasteiger partial charge in [-0.2, -0.15) is 13.2 Å². The summed E-state index contributed by atoms with van der Waals surface area (Å²) in [5, 5.41) is 10.3. The number of aliphatic imine (C=N–C) groups is 1. The Labute approximate surface area is 165 Å². The summed E-state index contributed by atoms with van der Waals surface area (Å²) >= 11 is 0. The van der Waals surface area contributed by atoms with Gasteiger partial charge in [-0.3, -0.25) is 24.7 Å². The van der Waals surface area contributed by atoms with Crippen molar-refractivity contribution in [2.24, 2.45) is 4.99 Å². The van der Waals surface area contributed by atoms with Crippen LogP contribution >= 0.6 is 0 Å². The number of Topliss-reactive ketones (excluding diaryl/α,β-unsaturated/α-hetero) is 1. The first kappa shape index (κ1) is 20.7. The third-order valence-corrected chi connectivity index (χ3v) is 4.00. The highest BCUT2D eigenvalue weighted by Crippen LogP contribution is 2.33. The van der Waals surface area contributed by atoms with Crippen LogP contribution in [0.4, 0.5) is 19.1 Å². The van der Waals surface area contributed by atoms with Crippen molar-refractivity contribution in [2.75, 3.05) is 6.54 Å². The standard InChI is InChI=1S/C19H12F3N3O5/c20-19(21,22)14-5-1-4-12-17(14)24-9-13(18(12)27)15(26)10-23-8-2-3-11-6-7-16(30-11)25(28)29/h1-9H,10H2,(H,24,27)/b3-2+,23-8?. The topological polar surface area (TPSA) is 119 Å². The summed E-state index contributed by atoms with van der Waals surface area (Å²) in [7, 11) is 0. The van der Waals surface area contributed by atoms with E-state index in [9.17, 15) is 32.9 Å². The normalized spacial score (nSPS) is 12.2. The number of hydrogen-bond acceptors (Lipinski definition) is 6. The summed E-state index contributed by atoms with van der Waals surface area (Å²) in [5.74, 6) is -0.911. The third kappa shape index (κ3) is 4.35. The summed E-state index contributed by atoms with van der Waals surface area (Å²) in [6.45, 7) is -0.420. The van der Waals surface area contributed by atoms with Crippen molar-refractivity contribution in [1.82, 2.24) is 4.98 Å². The van der Waals surface area contributed by atoms with E-state index < -0.39 is 45.8 Å². The van der Waals surface area contributed by atoms with Crippen LogP contribution in [-0.2, 0) is 6.18 Å². The Morgan fingerprint density at radius 3 is 2.70 bits per heavy atom. The number of nitrogens with one attached hydrogen (secondary N) is 1. The molecule has 2 heterocycles. The number of carbonyl (C=O) groups is 1. The highest BCUT2D eigenvalue weighted by Gasteiger charge is 2.33. The van der Waals surface area contributed by atoms with E-state index in [0.717, 1.165) is 18.3 Å². The van der Waals surface area contributed by atoms with Gasteiger partial charge in [0.2, 0.25) is 0 Å². The zero-order valence-electron chi connectivity index (χ0n) is 15.0. The van der Waals surface area contributed by atoms with E-state index in [4.69, 9.17) is 4.42 Å². The summed E-state index contributed by atoms with van der Waals surface area (Å²) in [4.78, 5) is 40.7. The number of fused-ring (bicyclic) bond motifs is 1. The number of nitro groups is 1. The molecule has 0 spiro atoms. The molecule has 154 valence electrons. The van der Waals surface area contributed by atoms with Crippen molar-refractivity contribution >= 4 is 34.9 Å². The lowest BCUT2D eigenvalue weighted by Gasteiger charge is -2.10. The first-order valence-electron chi connectivity index (χ1n) is 8.34. The van der Waals surface area contributed by atoms with Crippen LogP contribution in [-0.4, -0.2) is 28.4 Å². The summed E-state index contributed by atoms with van der Waals surface area (Å²) < 4.78 is 44.1. The second-order valence-electron chi connectivity index (χ2n) is 5.96. The van der Waals surface area contributed by atoms with E-state index in [0.29, 0.717) is 0 Å². The zero-order valence-corrected chi connectivity index (χ0v) is 15.0. The SMILES string of the molecule is O=C(CN=C/C=C/c1ccc([N+](=O)[O-])o1)c1c[nH]c2c(C(F)(F)F)cccc2c1=O. The molecule has 11 heteroatoms. The largest absolute Gasteiger partial charge is 0.433 e. The quantitative estimate of drug-likeness (QED) is 0.280. The van der Waals surface area contributed by atoms with E-state index in [1.54, 1.807) is 0 Å². The number of alkyl halides is 3. The van der Waals surface area contributed by atoms with Crippen molar-refractivity contribution in [3.63, 3.8) is 0 Å². The Morgan fingerprint density at radius 2 is 2.03 bits per heavy atom. The Balaban J connectivity index is 1.74. The van der Waals surface area contributed by atoms with Crippen LogP contribution in [0.25, 0.3) is 17.0 Å². The van der Waals surface area contributed by atoms with Gasteiger partial charge in [-0.15, -0.1) is 0 Å². The van der Waals surface area contributed by atoms with Crippen LogP contribution in [0.1, 0.15) is 21.7 Å². The predicted octanol–water partition coefficient (Wildman–Crippen LogP) is 4.02. The minimum Gasteiger partial charge on any atom is -0.401 e. The van der Waals surface area contributed by atoms with Crippen molar-refractivity contribution in [2.45, 2.75) is 6.18 Å². The lowest BCUT2D eigenvalue weighted by molar-refractivity contribution is -0.402. The van der Waals surface area contributed by atoms with E-state index in [1.807, 2.05) is 0 Å². The van der Waals surface area contributed by atoms with Crippen LogP contribution in [0.5, 0.6) is 0 Å². The average Bonchev–Trinajstić information content (AvgIpc) is 3.16. The molecule has 0 bridgehead atoms. The molecular formula is C19H12F3N3O5. The molecule has 0 saturated heterocycles. The van der Waals surface area contributed by atoms with Gasteiger partial charge in [0.15, 0.2) is 11.2 Å². The van der Waals surface area contributed by atoms with Crippen molar-refractivity contribution < 1.29 is 27.3 Å².